The summed E-state index contributed by atoms with van der Waals surface area (Å²) in [6.45, 7) is 2.56. The Hall–Kier alpha value is -2.97. The van der Waals surface area contributed by atoms with E-state index in [1.807, 2.05) is 6.07 Å². The highest BCUT2D eigenvalue weighted by molar-refractivity contribution is 5.91. The first-order chi connectivity index (χ1) is 12.2. The van der Waals surface area contributed by atoms with E-state index in [-0.39, 0.29) is 23.8 Å². The predicted octanol–water partition coefficient (Wildman–Crippen LogP) is 0.359. The first-order valence-corrected chi connectivity index (χ1v) is 8.26. The molecule has 0 saturated carbocycles. The second kappa shape index (κ2) is 8.22. The zero-order valence-corrected chi connectivity index (χ0v) is 13.8. The quantitative estimate of drug-likeness (QED) is 0.727. The van der Waals surface area contributed by atoms with Gasteiger partial charge in [-0.1, -0.05) is 0 Å². The Kier molecular flexibility index (Phi) is 5.55. The largest absolute Gasteiger partial charge is 0.476 e. The van der Waals surface area contributed by atoms with Crippen LogP contribution in [0.3, 0.4) is 0 Å². The Labute approximate surface area is 144 Å². The minimum atomic E-state index is -0.378. The number of H-pyrrole nitrogens is 1. The maximum atomic E-state index is 11.8. The van der Waals surface area contributed by atoms with E-state index in [9.17, 15) is 9.59 Å². The molecule has 3 heterocycles. The van der Waals surface area contributed by atoms with E-state index >= 15 is 0 Å². The summed E-state index contributed by atoms with van der Waals surface area (Å²) >= 11 is 0. The third kappa shape index (κ3) is 4.75. The lowest BCUT2D eigenvalue weighted by Gasteiger charge is -2.27. The normalized spacial score (nSPS) is 14.2. The number of amides is 1. The van der Waals surface area contributed by atoms with Crippen LogP contribution in [-0.4, -0.2) is 52.3 Å². The monoisotopic (exact) mass is 344 g/mol. The number of nitrogens with zero attached hydrogens (tertiary/aromatic N) is 4. The Balaban J connectivity index is 1.46. The molecular weight excluding hydrogens is 324 g/mol. The zero-order chi connectivity index (χ0) is 17.5. The van der Waals surface area contributed by atoms with E-state index < -0.39 is 0 Å². The molecule has 1 amide bonds. The van der Waals surface area contributed by atoms with Gasteiger partial charge < -0.3 is 15.0 Å². The van der Waals surface area contributed by atoms with Crippen molar-refractivity contribution in [2.75, 3.05) is 31.1 Å². The van der Waals surface area contributed by atoms with Gasteiger partial charge in [0.05, 0.1) is 6.54 Å². The van der Waals surface area contributed by atoms with Crippen LogP contribution in [0.25, 0.3) is 0 Å². The minimum absolute atomic E-state index is 0.147. The molecule has 0 spiro atoms. The number of piperidine rings is 1. The highest BCUT2D eigenvalue weighted by Crippen LogP contribution is 2.19. The average molecular weight is 344 g/mol. The summed E-state index contributed by atoms with van der Waals surface area (Å²) < 4.78 is 5.57. The molecule has 25 heavy (non-hydrogen) atoms. The molecule has 0 aromatic carbocycles. The molecule has 2 aromatic rings. The molecule has 9 heteroatoms. The third-order valence-electron chi connectivity index (χ3n) is 3.86. The van der Waals surface area contributed by atoms with Gasteiger partial charge >= 0.3 is 0 Å². The van der Waals surface area contributed by atoms with Gasteiger partial charge in [-0.3, -0.25) is 9.59 Å². The number of anilines is 1. The van der Waals surface area contributed by atoms with Gasteiger partial charge in [0, 0.05) is 25.2 Å². The number of carbonyl (C=O) groups is 1. The molecular formula is C16H20N6O3. The summed E-state index contributed by atoms with van der Waals surface area (Å²) in [6, 6.07) is 4.43. The smallest absolute Gasteiger partial charge is 0.271 e. The summed E-state index contributed by atoms with van der Waals surface area (Å²) in [5.74, 6) is 0.967. The van der Waals surface area contributed by atoms with Crippen molar-refractivity contribution in [3.8, 4) is 5.88 Å². The van der Waals surface area contributed by atoms with Crippen molar-refractivity contribution in [3.05, 3.63) is 40.6 Å². The number of rotatable bonds is 6. The fourth-order valence-corrected chi connectivity index (χ4v) is 2.59. The predicted molar refractivity (Wildman–Crippen MR) is 90.8 cm³/mol. The van der Waals surface area contributed by atoms with Crippen LogP contribution in [0.1, 0.15) is 29.8 Å². The number of hydrogen-bond donors (Lipinski definition) is 2. The Bertz CT molecular complexity index is 752. The van der Waals surface area contributed by atoms with Crippen molar-refractivity contribution in [3.63, 3.8) is 0 Å². The van der Waals surface area contributed by atoms with Gasteiger partial charge in [0.15, 0.2) is 0 Å². The van der Waals surface area contributed by atoms with Gasteiger partial charge in [-0.15, -0.1) is 0 Å². The first kappa shape index (κ1) is 16.9. The topological polar surface area (TPSA) is 113 Å². The maximum absolute atomic E-state index is 11.8. The van der Waals surface area contributed by atoms with Crippen molar-refractivity contribution >= 4 is 11.7 Å². The summed E-state index contributed by atoms with van der Waals surface area (Å²) in [5, 5.41) is 8.54. The number of carbonyl (C=O) groups excluding carboxylic acids is 1. The number of ether oxygens (including phenoxy) is 1. The van der Waals surface area contributed by atoms with Gasteiger partial charge in [0.25, 0.3) is 11.5 Å². The average Bonchev–Trinajstić information content (AvgIpc) is 2.66. The fourth-order valence-electron chi connectivity index (χ4n) is 2.59. The second-order valence-corrected chi connectivity index (χ2v) is 5.67. The van der Waals surface area contributed by atoms with Crippen molar-refractivity contribution in [1.82, 2.24) is 25.5 Å². The number of aromatic nitrogens is 4. The van der Waals surface area contributed by atoms with Crippen LogP contribution < -0.4 is 20.5 Å². The lowest BCUT2D eigenvalue weighted by Crippen LogP contribution is -2.30. The van der Waals surface area contributed by atoms with Gasteiger partial charge in [0.1, 0.15) is 24.4 Å². The van der Waals surface area contributed by atoms with Crippen molar-refractivity contribution in [2.45, 2.75) is 19.3 Å². The minimum Gasteiger partial charge on any atom is -0.476 e. The van der Waals surface area contributed by atoms with E-state index in [1.165, 1.54) is 37.7 Å². The highest BCUT2D eigenvalue weighted by atomic mass is 16.5. The Morgan fingerprint density at radius 3 is 2.84 bits per heavy atom. The Morgan fingerprint density at radius 2 is 2.08 bits per heavy atom. The van der Waals surface area contributed by atoms with Crippen molar-refractivity contribution < 1.29 is 9.53 Å². The van der Waals surface area contributed by atoms with E-state index in [2.05, 4.69) is 30.4 Å². The zero-order valence-electron chi connectivity index (χ0n) is 13.8. The second-order valence-electron chi connectivity index (χ2n) is 5.67. The summed E-state index contributed by atoms with van der Waals surface area (Å²) in [7, 11) is 0. The number of nitrogens with one attached hydrogen (secondary N) is 2. The molecule has 0 unspecified atom stereocenters. The van der Waals surface area contributed by atoms with Gasteiger partial charge in [-0.2, -0.15) is 5.10 Å². The maximum Gasteiger partial charge on any atom is 0.271 e. The Morgan fingerprint density at radius 1 is 1.24 bits per heavy atom. The molecule has 1 aliphatic rings. The van der Waals surface area contributed by atoms with Gasteiger partial charge in [-0.25, -0.2) is 15.1 Å². The standard InChI is InChI=1S/C16H20N6O3/c23-14-5-4-12(20-21-14)16(24)17-6-9-25-15-10-13(18-11-19-15)22-7-2-1-3-8-22/h4-5,10-11H,1-3,6-9H2,(H,17,24)(H,21,23). The molecule has 0 radical (unpaired) electrons. The highest BCUT2D eigenvalue weighted by Gasteiger charge is 2.13. The number of hydrogen-bond acceptors (Lipinski definition) is 7. The fraction of sp³-hybridized carbons (Fsp3) is 0.438. The molecule has 1 fully saturated rings. The van der Waals surface area contributed by atoms with E-state index in [4.69, 9.17) is 4.74 Å². The molecule has 132 valence electrons. The van der Waals surface area contributed by atoms with Crippen LogP contribution in [0.4, 0.5) is 5.82 Å². The third-order valence-corrected chi connectivity index (χ3v) is 3.86. The van der Waals surface area contributed by atoms with Gasteiger partial charge in [0.2, 0.25) is 5.88 Å². The molecule has 0 atom stereocenters. The van der Waals surface area contributed by atoms with Crippen molar-refractivity contribution in [2.24, 2.45) is 0 Å². The van der Waals surface area contributed by atoms with Crippen LogP contribution >= 0.6 is 0 Å². The summed E-state index contributed by atoms with van der Waals surface area (Å²) in [6.07, 6.45) is 5.09. The molecule has 2 N–H and O–H groups in total. The van der Waals surface area contributed by atoms with E-state index in [1.54, 1.807) is 0 Å². The van der Waals surface area contributed by atoms with Crippen LogP contribution in [0.2, 0.25) is 0 Å². The van der Waals surface area contributed by atoms with Crippen LogP contribution in [0.15, 0.2) is 29.3 Å². The SMILES string of the molecule is O=C(NCCOc1cc(N2CCCCC2)ncn1)c1ccc(=O)[nH]n1. The molecule has 1 saturated heterocycles. The molecule has 2 aromatic heterocycles. The lowest BCUT2D eigenvalue weighted by atomic mass is 10.1. The molecule has 9 nitrogen and oxygen atoms in total. The first-order valence-electron chi connectivity index (χ1n) is 8.26. The molecule has 0 aliphatic carbocycles. The van der Waals surface area contributed by atoms with E-state index in [0.29, 0.717) is 12.4 Å². The summed E-state index contributed by atoms with van der Waals surface area (Å²) in [4.78, 5) is 33.4. The molecule has 3 rings (SSSR count). The molecule has 1 aliphatic heterocycles. The molecule has 0 bridgehead atoms. The number of aromatic amines is 1. The lowest BCUT2D eigenvalue weighted by molar-refractivity contribution is 0.0940. The van der Waals surface area contributed by atoms with E-state index in [0.717, 1.165) is 18.9 Å². The van der Waals surface area contributed by atoms with Gasteiger partial charge in [-0.05, 0) is 25.3 Å². The van der Waals surface area contributed by atoms with Crippen LogP contribution in [0.5, 0.6) is 5.88 Å². The van der Waals surface area contributed by atoms with Crippen LogP contribution in [0, 0.1) is 0 Å². The summed E-state index contributed by atoms with van der Waals surface area (Å²) in [5.41, 5.74) is -0.206. The van der Waals surface area contributed by atoms with Crippen molar-refractivity contribution in [1.29, 1.82) is 0 Å². The van der Waals surface area contributed by atoms with Crippen LogP contribution in [-0.2, 0) is 0 Å².